The number of aliphatic hydroxyl groups excluding tert-OH is 1. The van der Waals surface area contributed by atoms with Crippen LogP contribution >= 0.6 is 0 Å². The van der Waals surface area contributed by atoms with Gasteiger partial charge in [0.05, 0.1) is 13.7 Å². The maximum absolute atomic E-state index is 11.7. The Morgan fingerprint density at radius 3 is 2.95 bits per heavy atom. The Bertz CT molecular complexity index is 545. The van der Waals surface area contributed by atoms with Gasteiger partial charge in [-0.1, -0.05) is 11.6 Å². The van der Waals surface area contributed by atoms with Crippen LogP contribution in [0.15, 0.2) is 17.7 Å². The first kappa shape index (κ1) is 13.4. The molecule has 1 aliphatic heterocycles. The van der Waals surface area contributed by atoms with E-state index in [1.165, 1.54) is 13.2 Å². The van der Waals surface area contributed by atoms with Gasteiger partial charge in [0.1, 0.15) is 23.7 Å². The van der Waals surface area contributed by atoms with Crippen LogP contribution in [0, 0.1) is 0 Å². The van der Waals surface area contributed by atoms with Crippen LogP contribution in [0.2, 0.25) is 0 Å². The molecule has 5 nitrogen and oxygen atoms in total. The summed E-state index contributed by atoms with van der Waals surface area (Å²) in [7, 11) is 1.44. The lowest BCUT2D eigenvalue weighted by Gasteiger charge is -2.11. The SMILES string of the molecule is COc1cc(O)c(C/C=C(/C)CO)c2c1C(=O)OC2. The first-order chi connectivity index (χ1) is 9.08. The monoisotopic (exact) mass is 264 g/mol. The lowest BCUT2D eigenvalue weighted by molar-refractivity contribution is 0.0532. The molecule has 0 unspecified atom stereocenters. The van der Waals surface area contributed by atoms with Gasteiger partial charge in [0.15, 0.2) is 0 Å². The number of esters is 1. The third-order valence-electron chi connectivity index (χ3n) is 3.17. The van der Waals surface area contributed by atoms with Crippen LogP contribution in [0.4, 0.5) is 0 Å². The molecule has 19 heavy (non-hydrogen) atoms. The first-order valence-electron chi connectivity index (χ1n) is 5.93. The second-order valence-corrected chi connectivity index (χ2v) is 4.42. The van der Waals surface area contributed by atoms with Gasteiger partial charge >= 0.3 is 5.97 Å². The number of rotatable bonds is 4. The molecule has 0 radical (unpaired) electrons. The number of aliphatic hydroxyl groups is 1. The molecule has 1 aliphatic rings. The summed E-state index contributed by atoms with van der Waals surface area (Å²) in [4.78, 5) is 11.7. The average Bonchev–Trinajstić information content (AvgIpc) is 2.78. The van der Waals surface area contributed by atoms with Crippen molar-refractivity contribution in [2.75, 3.05) is 13.7 Å². The molecule has 2 N–H and O–H groups in total. The summed E-state index contributed by atoms with van der Waals surface area (Å²) in [5.74, 6) is -0.0477. The number of fused-ring (bicyclic) bond motifs is 1. The molecule has 0 atom stereocenters. The van der Waals surface area contributed by atoms with Crippen LogP contribution in [0.5, 0.6) is 11.5 Å². The number of benzene rings is 1. The van der Waals surface area contributed by atoms with Gasteiger partial charge in [-0.25, -0.2) is 4.79 Å². The van der Waals surface area contributed by atoms with Crippen molar-refractivity contribution in [2.24, 2.45) is 0 Å². The summed E-state index contributed by atoms with van der Waals surface area (Å²) in [5.41, 5.74) is 2.47. The minimum absolute atomic E-state index is 0.0332. The van der Waals surface area contributed by atoms with E-state index in [-0.39, 0.29) is 19.0 Å². The lowest BCUT2D eigenvalue weighted by atomic mass is 9.97. The van der Waals surface area contributed by atoms with Crippen LogP contribution in [0.3, 0.4) is 0 Å². The molecule has 0 amide bonds. The summed E-state index contributed by atoms with van der Waals surface area (Å²) in [6.07, 6.45) is 2.24. The van der Waals surface area contributed by atoms with Gasteiger partial charge in [0.2, 0.25) is 0 Å². The molecule has 102 valence electrons. The maximum Gasteiger partial charge on any atom is 0.342 e. The van der Waals surface area contributed by atoms with Crippen molar-refractivity contribution >= 4 is 5.97 Å². The van der Waals surface area contributed by atoms with Gasteiger partial charge < -0.3 is 19.7 Å². The number of aromatic hydroxyl groups is 1. The number of hydrogen-bond donors (Lipinski definition) is 2. The van der Waals surface area contributed by atoms with Crippen molar-refractivity contribution in [3.63, 3.8) is 0 Å². The van der Waals surface area contributed by atoms with E-state index in [0.717, 1.165) is 5.57 Å². The zero-order valence-corrected chi connectivity index (χ0v) is 10.9. The van der Waals surface area contributed by atoms with Gasteiger partial charge in [-0.2, -0.15) is 0 Å². The minimum atomic E-state index is -0.434. The highest BCUT2D eigenvalue weighted by Gasteiger charge is 2.30. The van der Waals surface area contributed by atoms with Crippen LogP contribution < -0.4 is 4.74 Å². The van der Waals surface area contributed by atoms with Crippen molar-refractivity contribution in [3.8, 4) is 11.5 Å². The topological polar surface area (TPSA) is 76.0 Å². The number of allylic oxidation sites excluding steroid dienone is 1. The van der Waals surface area contributed by atoms with E-state index in [2.05, 4.69) is 0 Å². The summed E-state index contributed by atoms with van der Waals surface area (Å²) in [5, 5.41) is 19.0. The largest absolute Gasteiger partial charge is 0.508 e. The van der Waals surface area contributed by atoms with E-state index in [4.69, 9.17) is 14.6 Å². The van der Waals surface area contributed by atoms with E-state index < -0.39 is 5.97 Å². The molecular formula is C14H16O5. The number of hydrogen-bond acceptors (Lipinski definition) is 5. The fourth-order valence-corrected chi connectivity index (χ4v) is 2.06. The predicted molar refractivity (Wildman–Crippen MR) is 68.3 cm³/mol. The normalized spacial score (nSPS) is 14.3. The zero-order valence-electron chi connectivity index (χ0n) is 10.9. The molecular weight excluding hydrogens is 248 g/mol. The highest BCUT2D eigenvalue weighted by Crippen LogP contribution is 2.37. The standard InChI is InChI=1S/C14H16O5/c1-8(6-15)3-4-9-10-7-19-14(17)13(10)12(18-2)5-11(9)16/h3,5,15-16H,4,6-7H2,1-2H3/b8-3-. The number of cyclic esters (lactones) is 1. The van der Waals surface area contributed by atoms with Crippen molar-refractivity contribution in [3.05, 3.63) is 34.4 Å². The van der Waals surface area contributed by atoms with E-state index in [0.29, 0.717) is 28.9 Å². The van der Waals surface area contributed by atoms with Crippen LogP contribution in [0.1, 0.15) is 28.4 Å². The summed E-state index contributed by atoms with van der Waals surface area (Å²) >= 11 is 0. The summed E-state index contributed by atoms with van der Waals surface area (Å²) in [6.45, 7) is 1.90. The van der Waals surface area contributed by atoms with E-state index in [9.17, 15) is 9.90 Å². The second kappa shape index (κ2) is 5.32. The number of methoxy groups -OCH3 is 1. The average molecular weight is 264 g/mol. The van der Waals surface area contributed by atoms with Gasteiger partial charge in [-0.3, -0.25) is 0 Å². The van der Waals surface area contributed by atoms with Crippen LogP contribution in [-0.4, -0.2) is 29.9 Å². The molecule has 1 aromatic rings. The smallest absolute Gasteiger partial charge is 0.342 e. The predicted octanol–water partition coefficient (Wildman–Crippen LogP) is 1.55. The Kier molecular flexibility index (Phi) is 3.76. The Balaban J connectivity index is 2.48. The van der Waals surface area contributed by atoms with E-state index in [1.807, 2.05) is 6.08 Å². The van der Waals surface area contributed by atoms with Gasteiger partial charge in [-0.15, -0.1) is 0 Å². The van der Waals surface area contributed by atoms with Crippen molar-refractivity contribution in [1.82, 2.24) is 0 Å². The Morgan fingerprint density at radius 2 is 2.32 bits per heavy atom. The van der Waals surface area contributed by atoms with Crippen LogP contribution in [0.25, 0.3) is 0 Å². The molecule has 0 bridgehead atoms. The maximum atomic E-state index is 11.7. The van der Waals surface area contributed by atoms with Gasteiger partial charge in [0, 0.05) is 17.2 Å². The number of carbonyl (C=O) groups excluding carboxylic acids is 1. The van der Waals surface area contributed by atoms with E-state index in [1.54, 1.807) is 6.92 Å². The molecule has 2 rings (SSSR count). The Hall–Kier alpha value is -2.01. The van der Waals surface area contributed by atoms with E-state index >= 15 is 0 Å². The number of phenolic OH excluding ortho intramolecular Hbond substituents is 1. The molecule has 5 heteroatoms. The van der Waals surface area contributed by atoms with Crippen molar-refractivity contribution in [2.45, 2.75) is 20.0 Å². The fourth-order valence-electron chi connectivity index (χ4n) is 2.06. The molecule has 0 aromatic heterocycles. The fraction of sp³-hybridized carbons (Fsp3) is 0.357. The quantitative estimate of drug-likeness (QED) is 0.637. The van der Waals surface area contributed by atoms with Gasteiger partial charge in [-0.05, 0) is 13.3 Å². The minimum Gasteiger partial charge on any atom is -0.508 e. The molecule has 0 aliphatic carbocycles. The third kappa shape index (κ3) is 2.42. The molecule has 0 saturated heterocycles. The molecule has 1 heterocycles. The zero-order chi connectivity index (χ0) is 14.0. The summed E-state index contributed by atoms with van der Waals surface area (Å²) in [6, 6.07) is 1.42. The number of phenols is 1. The van der Waals surface area contributed by atoms with Crippen molar-refractivity contribution in [1.29, 1.82) is 0 Å². The Labute approximate surface area is 111 Å². The number of carbonyl (C=O) groups is 1. The Morgan fingerprint density at radius 1 is 1.58 bits per heavy atom. The van der Waals surface area contributed by atoms with Crippen LogP contribution in [-0.2, 0) is 17.8 Å². The molecule has 1 aromatic carbocycles. The van der Waals surface area contributed by atoms with Gasteiger partial charge in [0.25, 0.3) is 0 Å². The highest BCUT2D eigenvalue weighted by molar-refractivity contribution is 5.97. The molecule has 0 spiro atoms. The van der Waals surface area contributed by atoms with Crippen molar-refractivity contribution < 1.29 is 24.5 Å². The third-order valence-corrected chi connectivity index (χ3v) is 3.17. The highest BCUT2D eigenvalue weighted by atomic mass is 16.5. The molecule has 0 fully saturated rings. The first-order valence-corrected chi connectivity index (χ1v) is 5.93. The molecule has 0 saturated carbocycles. The summed E-state index contributed by atoms with van der Waals surface area (Å²) < 4.78 is 10.1. The second-order valence-electron chi connectivity index (χ2n) is 4.42. The lowest BCUT2D eigenvalue weighted by Crippen LogP contribution is -2.01. The number of ether oxygens (including phenoxy) is 2.